The maximum Gasteiger partial charge on any atom is 0.432 e. The Morgan fingerprint density at radius 1 is 1.00 bits per heavy atom. The smallest absolute Gasteiger partial charge is 0.386 e. The van der Waals surface area contributed by atoms with E-state index in [1.54, 1.807) is 19.9 Å². The van der Waals surface area contributed by atoms with Crippen LogP contribution in [0, 0.1) is 0 Å². The normalized spacial score (nSPS) is 17.1. The Morgan fingerprint density at radius 3 is 2.34 bits per heavy atom. The summed E-state index contributed by atoms with van der Waals surface area (Å²) in [6.45, 7) is 3.45. The topological polar surface area (TPSA) is 32.6 Å². The number of allylic oxidation sites excluding steroid dienone is 2. The van der Waals surface area contributed by atoms with E-state index >= 15 is 0 Å². The SMILES string of the molecule is CC(C)(O)c1ccc(-c2ccc(C3=CC(C(F)(F)F)=NC(CCc4ccccc4Cl)CC3)s2)cc1. The van der Waals surface area contributed by atoms with Gasteiger partial charge in [0.25, 0.3) is 0 Å². The Bertz CT molecular complexity index is 1240. The van der Waals surface area contributed by atoms with Gasteiger partial charge in [-0.2, -0.15) is 13.2 Å². The average molecular weight is 518 g/mol. The first-order chi connectivity index (χ1) is 16.5. The largest absolute Gasteiger partial charge is 0.432 e. The maximum absolute atomic E-state index is 13.8. The second-order valence-electron chi connectivity index (χ2n) is 9.30. The number of halogens is 4. The molecule has 3 aromatic rings. The van der Waals surface area contributed by atoms with Gasteiger partial charge >= 0.3 is 6.18 Å². The summed E-state index contributed by atoms with van der Waals surface area (Å²) < 4.78 is 41.4. The minimum absolute atomic E-state index is 0.425. The zero-order chi connectivity index (χ0) is 25.2. The molecule has 0 fully saturated rings. The Balaban J connectivity index is 1.53. The predicted molar refractivity (Wildman–Crippen MR) is 139 cm³/mol. The lowest BCUT2D eigenvalue weighted by molar-refractivity contribution is -0.0580. The molecule has 0 aliphatic carbocycles. The molecular formula is C28H27ClF3NOS. The van der Waals surface area contributed by atoms with Gasteiger partial charge in [0, 0.05) is 14.8 Å². The van der Waals surface area contributed by atoms with Gasteiger partial charge in [0.15, 0.2) is 0 Å². The molecule has 1 N–H and O–H groups in total. The summed E-state index contributed by atoms with van der Waals surface area (Å²) in [6.07, 6.45) is -1.14. The fraction of sp³-hybridized carbons (Fsp3) is 0.321. The molecule has 0 bridgehead atoms. The Hall–Kier alpha value is -2.41. The van der Waals surface area contributed by atoms with E-state index in [9.17, 15) is 18.3 Å². The van der Waals surface area contributed by atoms with Gasteiger partial charge in [-0.05, 0) is 86.1 Å². The van der Waals surface area contributed by atoms with Crippen LogP contribution in [0.5, 0.6) is 0 Å². The summed E-state index contributed by atoms with van der Waals surface area (Å²) in [5.41, 5.74) is 1.60. The number of aliphatic imine (C=N–C) groups is 1. The highest BCUT2D eigenvalue weighted by Crippen LogP contribution is 2.37. The summed E-state index contributed by atoms with van der Waals surface area (Å²) in [6, 6.07) is 18.4. The molecule has 4 rings (SSSR count). The van der Waals surface area contributed by atoms with E-state index in [1.807, 2.05) is 54.6 Å². The summed E-state index contributed by atoms with van der Waals surface area (Å²) in [5.74, 6) is 0. The number of alkyl halides is 3. The zero-order valence-corrected chi connectivity index (χ0v) is 21.1. The second kappa shape index (κ2) is 10.3. The standard InChI is InChI=1S/C28H27ClF3NOS/c1-27(2,34)21-11-7-19(8-12-21)24-15-16-25(35-24)20-10-14-22(33-26(17-20)28(30,31)32)13-9-18-5-3-4-6-23(18)29/h3-8,11-12,15-17,22,34H,9-10,13-14H2,1-2H3. The van der Waals surface area contributed by atoms with Gasteiger partial charge in [-0.15, -0.1) is 11.3 Å². The van der Waals surface area contributed by atoms with Gasteiger partial charge in [-0.1, -0.05) is 54.1 Å². The van der Waals surface area contributed by atoms with Crippen molar-refractivity contribution in [1.29, 1.82) is 0 Å². The highest BCUT2D eigenvalue weighted by Gasteiger charge is 2.36. The maximum atomic E-state index is 13.8. The van der Waals surface area contributed by atoms with Gasteiger partial charge in [0.1, 0.15) is 5.71 Å². The number of thiophene rings is 1. The van der Waals surface area contributed by atoms with Crippen molar-refractivity contribution in [3.63, 3.8) is 0 Å². The van der Waals surface area contributed by atoms with Crippen LogP contribution in [0.2, 0.25) is 5.02 Å². The summed E-state index contributed by atoms with van der Waals surface area (Å²) in [4.78, 5) is 5.90. The van der Waals surface area contributed by atoms with Crippen LogP contribution in [0.3, 0.4) is 0 Å². The molecule has 2 heterocycles. The molecule has 0 radical (unpaired) electrons. The van der Waals surface area contributed by atoms with Gasteiger partial charge in [0.2, 0.25) is 0 Å². The monoisotopic (exact) mass is 517 g/mol. The van der Waals surface area contributed by atoms with Crippen molar-refractivity contribution in [3.8, 4) is 10.4 Å². The first kappa shape index (κ1) is 25.7. The fourth-order valence-electron chi connectivity index (χ4n) is 4.15. The van der Waals surface area contributed by atoms with E-state index in [0.29, 0.717) is 36.3 Å². The predicted octanol–water partition coefficient (Wildman–Crippen LogP) is 8.48. The van der Waals surface area contributed by atoms with E-state index < -0.39 is 23.5 Å². The first-order valence-electron chi connectivity index (χ1n) is 11.5. The van der Waals surface area contributed by atoms with E-state index in [2.05, 4.69) is 4.99 Å². The zero-order valence-electron chi connectivity index (χ0n) is 19.6. The van der Waals surface area contributed by atoms with Crippen molar-refractivity contribution in [1.82, 2.24) is 0 Å². The number of aryl methyl sites for hydroxylation is 1. The molecule has 1 unspecified atom stereocenters. The van der Waals surface area contributed by atoms with Crippen molar-refractivity contribution in [2.24, 2.45) is 4.99 Å². The number of hydrogen-bond acceptors (Lipinski definition) is 3. The molecule has 1 aliphatic heterocycles. The van der Waals surface area contributed by atoms with Crippen LogP contribution in [0.1, 0.15) is 49.1 Å². The molecule has 2 nitrogen and oxygen atoms in total. The molecular weight excluding hydrogens is 491 g/mol. The van der Waals surface area contributed by atoms with Crippen molar-refractivity contribution < 1.29 is 18.3 Å². The van der Waals surface area contributed by atoms with E-state index in [1.165, 1.54) is 17.4 Å². The number of benzene rings is 2. The van der Waals surface area contributed by atoms with Crippen molar-refractivity contribution in [2.45, 2.75) is 57.3 Å². The molecule has 0 saturated carbocycles. The summed E-state index contributed by atoms with van der Waals surface area (Å²) >= 11 is 7.70. The average Bonchev–Trinajstić information content (AvgIpc) is 3.18. The molecule has 1 aliphatic rings. The van der Waals surface area contributed by atoms with E-state index in [4.69, 9.17) is 11.6 Å². The molecule has 1 atom stereocenters. The third-order valence-electron chi connectivity index (χ3n) is 6.17. The van der Waals surface area contributed by atoms with Crippen LogP contribution in [-0.4, -0.2) is 23.0 Å². The molecule has 35 heavy (non-hydrogen) atoms. The van der Waals surface area contributed by atoms with Gasteiger partial charge < -0.3 is 5.11 Å². The molecule has 184 valence electrons. The van der Waals surface area contributed by atoms with Crippen LogP contribution in [0.4, 0.5) is 13.2 Å². The molecule has 7 heteroatoms. The molecule has 0 spiro atoms. The van der Waals surface area contributed by atoms with Crippen LogP contribution in [0.25, 0.3) is 16.0 Å². The quantitative estimate of drug-likeness (QED) is 0.349. The molecule has 0 saturated heterocycles. The third kappa shape index (κ3) is 6.43. The lowest BCUT2D eigenvalue weighted by Gasteiger charge is -2.17. The highest BCUT2D eigenvalue weighted by molar-refractivity contribution is 7.16. The Kier molecular flexibility index (Phi) is 7.55. The molecule has 2 aromatic carbocycles. The van der Waals surface area contributed by atoms with Crippen LogP contribution in [0.15, 0.2) is 71.7 Å². The Labute approximate surface area is 212 Å². The van der Waals surface area contributed by atoms with Gasteiger partial charge in [-0.3, -0.25) is 4.99 Å². The second-order valence-corrected chi connectivity index (χ2v) is 10.8. The van der Waals surface area contributed by atoms with E-state index in [-0.39, 0.29) is 0 Å². The van der Waals surface area contributed by atoms with Crippen molar-refractivity contribution in [3.05, 3.63) is 87.8 Å². The summed E-state index contributed by atoms with van der Waals surface area (Å²) in [5, 5.41) is 10.8. The lowest BCUT2D eigenvalue weighted by Crippen LogP contribution is -2.22. The van der Waals surface area contributed by atoms with Gasteiger partial charge in [-0.25, -0.2) is 0 Å². The van der Waals surface area contributed by atoms with Crippen LogP contribution < -0.4 is 0 Å². The number of hydrogen-bond donors (Lipinski definition) is 1. The first-order valence-corrected chi connectivity index (χ1v) is 12.7. The Morgan fingerprint density at radius 2 is 1.69 bits per heavy atom. The minimum Gasteiger partial charge on any atom is -0.386 e. The van der Waals surface area contributed by atoms with Crippen molar-refractivity contribution in [2.75, 3.05) is 0 Å². The fourth-order valence-corrected chi connectivity index (χ4v) is 5.43. The molecule has 1 aromatic heterocycles. The van der Waals surface area contributed by atoms with Crippen LogP contribution >= 0.6 is 22.9 Å². The highest BCUT2D eigenvalue weighted by atomic mass is 35.5. The van der Waals surface area contributed by atoms with E-state index in [0.717, 1.165) is 26.4 Å². The van der Waals surface area contributed by atoms with Crippen LogP contribution in [-0.2, 0) is 12.0 Å². The number of nitrogens with zero attached hydrogens (tertiary/aromatic N) is 1. The number of aliphatic hydroxyl groups is 1. The van der Waals surface area contributed by atoms with Crippen molar-refractivity contribution >= 4 is 34.2 Å². The van der Waals surface area contributed by atoms with Gasteiger partial charge in [0.05, 0.1) is 11.6 Å². The lowest BCUT2D eigenvalue weighted by atomic mass is 9.97. The minimum atomic E-state index is -4.51. The summed E-state index contributed by atoms with van der Waals surface area (Å²) in [7, 11) is 0. The number of rotatable bonds is 6. The molecule has 0 amide bonds. The third-order valence-corrected chi connectivity index (χ3v) is 7.75.